The number of fused-ring (bicyclic) bond motifs is 1. The summed E-state index contributed by atoms with van der Waals surface area (Å²) in [5.41, 5.74) is 3.40. The fourth-order valence-corrected chi connectivity index (χ4v) is 4.31. The van der Waals surface area contributed by atoms with E-state index in [4.69, 9.17) is 0 Å². The molecule has 1 aliphatic heterocycles. The summed E-state index contributed by atoms with van der Waals surface area (Å²) in [4.78, 5) is 31.5. The van der Waals surface area contributed by atoms with Crippen molar-refractivity contribution in [3.8, 4) is 11.1 Å². The lowest BCUT2D eigenvalue weighted by molar-refractivity contribution is -0.117. The fraction of sp³-hybridized carbons (Fsp3) is 0.417. The Kier molecular flexibility index (Phi) is 4.76. The van der Waals surface area contributed by atoms with Crippen LogP contribution < -0.4 is 5.32 Å². The van der Waals surface area contributed by atoms with Gasteiger partial charge in [-0.3, -0.25) is 14.9 Å². The smallest absolute Gasteiger partial charge is 0.253 e. The van der Waals surface area contributed by atoms with E-state index >= 15 is 0 Å². The van der Waals surface area contributed by atoms with E-state index in [0.29, 0.717) is 17.2 Å². The summed E-state index contributed by atoms with van der Waals surface area (Å²) < 4.78 is 1.67. The van der Waals surface area contributed by atoms with E-state index in [1.807, 2.05) is 47.5 Å². The van der Waals surface area contributed by atoms with Crippen LogP contribution in [0.25, 0.3) is 16.8 Å². The molecular weight excluding hydrogens is 390 g/mol. The zero-order valence-corrected chi connectivity index (χ0v) is 18.0. The van der Waals surface area contributed by atoms with Crippen LogP contribution in [0.4, 0.5) is 5.95 Å². The van der Waals surface area contributed by atoms with Crippen LogP contribution in [0.1, 0.15) is 49.9 Å². The monoisotopic (exact) mass is 417 g/mol. The molecule has 1 aromatic carbocycles. The molecule has 2 fully saturated rings. The average Bonchev–Trinajstić information content (AvgIpc) is 3.52. The van der Waals surface area contributed by atoms with Gasteiger partial charge >= 0.3 is 0 Å². The van der Waals surface area contributed by atoms with Gasteiger partial charge in [0.1, 0.15) is 0 Å². The molecule has 1 N–H and O–H groups in total. The van der Waals surface area contributed by atoms with Crippen molar-refractivity contribution in [2.24, 2.45) is 11.3 Å². The Hall–Kier alpha value is -3.22. The van der Waals surface area contributed by atoms with Crippen molar-refractivity contribution in [1.29, 1.82) is 0 Å². The summed E-state index contributed by atoms with van der Waals surface area (Å²) >= 11 is 0. The van der Waals surface area contributed by atoms with Gasteiger partial charge in [0.05, 0.1) is 0 Å². The van der Waals surface area contributed by atoms with Gasteiger partial charge in [0.25, 0.3) is 5.91 Å². The molecule has 5 rings (SSSR count). The summed E-state index contributed by atoms with van der Waals surface area (Å²) in [5.74, 6) is 0.497. The van der Waals surface area contributed by atoms with E-state index < -0.39 is 0 Å². The Morgan fingerprint density at radius 1 is 1.13 bits per heavy atom. The molecule has 1 saturated carbocycles. The van der Waals surface area contributed by atoms with E-state index in [1.165, 1.54) is 0 Å². The summed E-state index contributed by atoms with van der Waals surface area (Å²) in [5, 5.41) is 7.19. The summed E-state index contributed by atoms with van der Waals surface area (Å²) in [6.45, 7) is 6.05. The molecule has 7 nitrogen and oxygen atoms in total. The van der Waals surface area contributed by atoms with Crippen molar-refractivity contribution in [2.75, 3.05) is 18.4 Å². The summed E-state index contributed by atoms with van der Waals surface area (Å²) in [6.07, 6.45) is 5.88. The average molecular weight is 418 g/mol. The van der Waals surface area contributed by atoms with Gasteiger partial charge in [-0.15, -0.1) is 5.10 Å². The van der Waals surface area contributed by atoms with Gasteiger partial charge in [-0.2, -0.15) is 4.98 Å². The third kappa shape index (κ3) is 4.04. The molecule has 0 radical (unpaired) electrons. The first kappa shape index (κ1) is 19.7. The van der Waals surface area contributed by atoms with Crippen LogP contribution in [0, 0.1) is 11.3 Å². The Balaban J connectivity index is 1.38. The quantitative estimate of drug-likeness (QED) is 0.696. The highest BCUT2D eigenvalue weighted by molar-refractivity contribution is 5.95. The molecule has 2 aromatic heterocycles. The summed E-state index contributed by atoms with van der Waals surface area (Å²) in [6, 6.07) is 11.5. The van der Waals surface area contributed by atoms with E-state index in [9.17, 15) is 9.59 Å². The standard InChI is InChI=1S/C24H27N5O2/c1-24(2)12-4-13-28(15-24)22(31)18-10-6-16(7-11-18)19-5-3-14-29-20(19)25-23(27-29)26-21(30)17-8-9-17/h3,5-7,10-11,14,17H,4,8-9,12-13,15H2,1-2H3,(H,26,27,30). The second-order valence-corrected chi connectivity index (χ2v) is 9.46. The van der Waals surface area contributed by atoms with Crippen molar-refractivity contribution in [3.63, 3.8) is 0 Å². The third-order valence-electron chi connectivity index (χ3n) is 6.18. The van der Waals surface area contributed by atoms with Crippen molar-refractivity contribution < 1.29 is 9.59 Å². The Morgan fingerprint density at radius 3 is 2.61 bits per heavy atom. The highest BCUT2D eigenvalue weighted by atomic mass is 16.2. The maximum absolute atomic E-state index is 13.0. The number of piperidine rings is 1. The highest BCUT2D eigenvalue weighted by Gasteiger charge is 2.31. The van der Waals surface area contributed by atoms with Gasteiger partial charge in [-0.25, -0.2) is 4.52 Å². The highest BCUT2D eigenvalue weighted by Crippen LogP contribution is 2.31. The van der Waals surface area contributed by atoms with Gasteiger partial charge in [-0.1, -0.05) is 26.0 Å². The second-order valence-electron chi connectivity index (χ2n) is 9.46. The maximum atomic E-state index is 13.0. The fourth-order valence-electron chi connectivity index (χ4n) is 4.31. The number of carbonyl (C=O) groups excluding carboxylic acids is 2. The number of amides is 2. The van der Waals surface area contributed by atoms with Gasteiger partial charge in [0.15, 0.2) is 5.65 Å². The van der Waals surface area contributed by atoms with Gasteiger partial charge in [0, 0.05) is 36.3 Å². The number of nitrogens with one attached hydrogen (secondary N) is 1. The number of hydrogen-bond acceptors (Lipinski definition) is 4. The molecule has 2 aliphatic rings. The zero-order valence-electron chi connectivity index (χ0n) is 18.0. The van der Waals surface area contributed by atoms with E-state index in [2.05, 4.69) is 29.2 Å². The molecule has 0 atom stereocenters. The number of benzene rings is 1. The summed E-state index contributed by atoms with van der Waals surface area (Å²) in [7, 11) is 0. The van der Waals surface area contributed by atoms with Crippen LogP contribution in [0.2, 0.25) is 0 Å². The molecule has 2 amide bonds. The predicted octanol–water partition coefficient (Wildman–Crippen LogP) is 4.01. The minimum Gasteiger partial charge on any atom is -0.338 e. The van der Waals surface area contributed by atoms with Crippen LogP contribution in [0.3, 0.4) is 0 Å². The third-order valence-corrected chi connectivity index (χ3v) is 6.18. The number of likely N-dealkylation sites (tertiary alicyclic amines) is 1. The second kappa shape index (κ2) is 7.48. The molecule has 3 heterocycles. The number of rotatable bonds is 4. The Labute approximate surface area is 181 Å². The van der Waals surface area contributed by atoms with Gasteiger partial charge in [0.2, 0.25) is 11.9 Å². The van der Waals surface area contributed by atoms with Gasteiger partial charge < -0.3 is 4.90 Å². The normalized spacial score (nSPS) is 18.2. The molecule has 31 heavy (non-hydrogen) atoms. The first-order chi connectivity index (χ1) is 14.9. The molecule has 0 unspecified atom stereocenters. The molecule has 1 aliphatic carbocycles. The van der Waals surface area contributed by atoms with Crippen LogP contribution in [-0.4, -0.2) is 44.4 Å². The topological polar surface area (TPSA) is 79.6 Å². The van der Waals surface area contributed by atoms with Crippen LogP contribution >= 0.6 is 0 Å². The first-order valence-electron chi connectivity index (χ1n) is 11.0. The molecule has 160 valence electrons. The van der Waals surface area contributed by atoms with Crippen molar-refractivity contribution in [3.05, 3.63) is 48.2 Å². The van der Waals surface area contributed by atoms with Crippen molar-refractivity contribution >= 4 is 23.4 Å². The van der Waals surface area contributed by atoms with E-state index in [-0.39, 0.29) is 23.1 Å². The molecular formula is C24H27N5O2. The minimum atomic E-state index is -0.0128. The Bertz CT molecular complexity index is 1140. The number of pyridine rings is 1. The van der Waals surface area contributed by atoms with Gasteiger partial charge in [-0.05, 0) is 60.9 Å². The molecule has 7 heteroatoms. The first-order valence-corrected chi connectivity index (χ1v) is 11.0. The number of anilines is 1. The predicted molar refractivity (Wildman–Crippen MR) is 119 cm³/mol. The zero-order chi connectivity index (χ0) is 21.6. The van der Waals surface area contributed by atoms with Crippen LogP contribution in [0.5, 0.6) is 0 Å². The Morgan fingerprint density at radius 2 is 1.90 bits per heavy atom. The molecule has 1 saturated heterocycles. The lowest BCUT2D eigenvalue weighted by Gasteiger charge is -2.38. The molecule has 0 spiro atoms. The van der Waals surface area contributed by atoms with Crippen LogP contribution in [0.15, 0.2) is 42.6 Å². The number of carbonyl (C=O) groups is 2. The number of hydrogen-bond donors (Lipinski definition) is 1. The lowest BCUT2D eigenvalue weighted by atomic mass is 9.84. The largest absolute Gasteiger partial charge is 0.338 e. The SMILES string of the molecule is CC1(C)CCCN(C(=O)c2ccc(-c3cccn4nc(NC(=O)C5CC5)nc34)cc2)C1. The van der Waals surface area contributed by atoms with E-state index in [1.54, 1.807) is 4.52 Å². The molecule has 3 aromatic rings. The lowest BCUT2D eigenvalue weighted by Crippen LogP contribution is -2.43. The maximum Gasteiger partial charge on any atom is 0.253 e. The number of nitrogens with zero attached hydrogens (tertiary/aromatic N) is 4. The van der Waals surface area contributed by atoms with Crippen molar-refractivity contribution in [1.82, 2.24) is 19.5 Å². The number of aromatic nitrogens is 3. The van der Waals surface area contributed by atoms with E-state index in [0.717, 1.165) is 49.9 Å². The van der Waals surface area contributed by atoms with Crippen LogP contribution in [-0.2, 0) is 4.79 Å². The van der Waals surface area contributed by atoms with Crippen molar-refractivity contribution in [2.45, 2.75) is 39.5 Å². The minimum absolute atomic E-state index is 0.0128. The molecule has 0 bridgehead atoms.